The van der Waals surface area contributed by atoms with Crippen LogP contribution in [0.5, 0.6) is 0 Å². The topological polar surface area (TPSA) is 78.4 Å². The second-order valence-corrected chi connectivity index (χ2v) is 3.54. The van der Waals surface area contributed by atoms with Gasteiger partial charge in [-0.3, -0.25) is 0 Å². The maximum Gasteiger partial charge on any atom is 0.343 e. The quantitative estimate of drug-likeness (QED) is 0.633. The average Bonchev–Trinajstić information content (AvgIpc) is 2.71. The molecule has 0 fully saturated rings. The summed E-state index contributed by atoms with van der Waals surface area (Å²) in [6, 6.07) is 7.14. The molecule has 1 aromatic heterocycles. The Hall–Kier alpha value is -2.30. The molecule has 5 heteroatoms. The maximum absolute atomic E-state index is 11.6. The molecule has 2 N–H and O–H groups in total. The van der Waals surface area contributed by atoms with Crippen molar-refractivity contribution in [1.29, 1.82) is 0 Å². The largest absolute Gasteiger partial charge is 0.465 e. The highest BCUT2D eigenvalue weighted by atomic mass is 16.5. The summed E-state index contributed by atoms with van der Waals surface area (Å²) in [6.45, 7) is 1.65. The van der Waals surface area contributed by atoms with Crippen LogP contribution < -0.4 is 5.73 Å². The lowest BCUT2D eigenvalue weighted by Crippen LogP contribution is -2.04. The normalized spacial score (nSPS) is 10.2. The number of nitrogens with two attached hydrogens (primary N) is 1. The van der Waals surface area contributed by atoms with Crippen LogP contribution in [-0.2, 0) is 4.74 Å². The second kappa shape index (κ2) is 4.29. The van der Waals surface area contributed by atoms with Crippen molar-refractivity contribution in [3.05, 3.63) is 35.6 Å². The minimum atomic E-state index is -0.484. The molecular formula is C12H12N2O3. The van der Waals surface area contributed by atoms with Gasteiger partial charge in [-0.25, -0.2) is 4.79 Å². The molecule has 2 aromatic rings. The summed E-state index contributed by atoms with van der Waals surface area (Å²) in [5, 5.41) is 3.86. The van der Waals surface area contributed by atoms with E-state index >= 15 is 0 Å². The number of para-hydroxylation sites is 1. The summed E-state index contributed by atoms with van der Waals surface area (Å²) in [5.41, 5.74) is 7.75. The molecular weight excluding hydrogens is 220 g/mol. The smallest absolute Gasteiger partial charge is 0.343 e. The molecule has 0 amide bonds. The van der Waals surface area contributed by atoms with Crippen molar-refractivity contribution in [2.45, 2.75) is 6.92 Å². The number of nitrogen functional groups attached to an aromatic ring is 1. The molecule has 0 aliphatic carbocycles. The minimum Gasteiger partial charge on any atom is -0.465 e. The number of nitrogens with zero attached hydrogens (tertiary/aromatic N) is 1. The molecule has 0 aliphatic rings. The minimum absolute atomic E-state index is 0.311. The summed E-state index contributed by atoms with van der Waals surface area (Å²) in [7, 11) is 1.31. The van der Waals surface area contributed by atoms with Crippen LogP contribution in [0.1, 0.15) is 16.1 Å². The van der Waals surface area contributed by atoms with Gasteiger partial charge in [-0.1, -0.05) is 23.4 Å². The van der Waals surface area contributed by atoms with E-state index in [-0.39, 0.29) is 0 Å². The van der Waals surface area contributed by atoms with Gasteiger partial charge in [0.25, 0.3) is 0 Å². The van der Waals surface area contributed by atoms with Crippen LogP contribution in [-0.4, -0.2) is 18.2 Å². The molecule has 0 radical (unpaired) electrons. The highest BCUT2D eigenvalue weighted by molar-refractivity contribution is 5.98. The van der Waals surface area contributed by atoms with Crippen LogP contribution in [0.2, 0.25) is 0 Å². The zero-order chi connectivity index (χ0) is 12.4. The predicted octanol–water partition coefficient (Wildman–Crippen LogP) is 2.02. The Morgan fingerprint density at radius 1 is 1.41 bits per heavy atom. The van der Waals surface area contributed by atoms with Crippen LogP contribution in [0.25, 0.3) is 11.3 Å². The summed E-state index contributed by atoms with van der Waals surface area (Å²) in [6.07, 6.45) is 0. The number of hydrogen-bond acceptors (Lipinski definition) is 5. The van der Waals surface area contributed by atoms with Crippen molar-refractivity contribution in [3.63, 3.8) is 0 Å². The molecule has 0 spiro atoms. The van der Waals surface area contributed by atoms with Crippen molar-refractivity contribution >= 4 is 11.7 Å². The number of carbonyl (C=O) groups is 1. The van der Waals surface area contributed by atoms with Gasteiger partial charge in [0.1, 0.15) is 17.0 Å². The van der Waals surface area contributed by atoms with E-state index < -0.39 is 5.97 Å². The number of carbonyl (C=O) groups excluding carboxylic acids is 1. The first kappa shape index (κ1) is 11.2. The number of methoxy groups -OCH3 is 1. The van der Waals surface area contributed by atoms with Gasteiger partial charge in [0.05, 0.1) is 7.11 Å². The van der Waals surface area contributed by atoms with Crippen LogP contribution in [0.4, 0.5) is 5.69 Å². The van der Waals surface area contributed by atoms with Crippen molar-refractivity contribution in [2.24, 2.45) is 0 Å². The fraction of sp³-hybridized carbons (Fsp3) is 0.167. The Kier molecular flexibility index (Phi) is 2.82. The fourth-order valence-corrected chi connectivity index (χ4v) is 1.61. The zero-order valence-corrected chi connectivity index (χ0v) is 9.56. The molecule has 0 bridgehead atoms. The lowest BCUT2D eigenvalue weighted by molar-refractivity contribution is 0.0599. The third-order valence-electron chi connectivity index (χ3n) is 2.47. The Morgan fingerprint density at radius 3 is 2.76 bits per heavy atom. The highest BCUT2D eigenvalue weighted by Crippen LogP contribution is 2.29. The monoisotopic (exact) mass is 232 g/mol. The summed E-state index contributed by atoms with van der Waals surface area (Å²) in [4.78, 5) is 11.6. The predicted molar refractivity (Wildman–Crippen MR) is 62.4 cm³/mol. The van der Waals surface area contributed by atoms with Crippen LogP contribution >= 0.6 is 0 Å². The van der Waals surface area contributed by atoms with E-state index in [2.05, 4.69) is 5.16 Å². The third-order valence-corrected chi connectivity index (χ3v) is 2.47. The van der Waals surface area contributed by atoms with Crippen molar-refractivity contribution < 1.29 is 14.1 Å². The second-order valence-electron chi connectivity index (χ2n) is 3.54. The molecule has 1 aromatic carbocycles. The number of anilines is 1. The van der Waals surface area contributed by atoms with Crippen LogP contribution in [0, 0.1) is 6.92 Å². The molecule has 88 valence electrons. The fourth-order valence-electron chi connectivity index (χ4n) is 1.61. The molecule has 1 heterocycles. The maximum atomic E-state index is 11.6. The summed E-state index contributed by atoms with van der Waals surface area (Å²) < 4.78 is 9.72. The van der Waals surface area contributed by atoms with E-state index in [9.17, 15) is 4.79 Å². The number of hydrogen-bond donors (Lipinski definition) is 1. The molecule has 0 atom stereocenters. The Bertz CT molecular complexity index is 561. The van der Waals surface area contributed by atoms with Gasteiger partial charge in [-0.2, -0.15) is 0 Å². The number of benzene rings is 1. The van der Waals surface area contributed by atoms with Crippen molar-refractivity contribution in [2.75, 3.05) is 12.8 Å². The van der Waals surface area contributed by atoms with Gasteiger partial charge in [-0.15, -0.1) is 0 Å². The summed E-state index contributed by atoms with van der Waals surface area (Å²) in [5.74, 6) is -0.0721. The molecule has 5 nitrogen and oxygen atoms in total. The van der Waals surface area contributed by atoms with Crippen molar-refractivity contribution in [1.82, 2.24) is 5.16 Å². The van der Waals surface area contributed by atoms with E-state index in [1.807, 2.05) is 12.1 Å². The summed E-state index contributed by atoms with van der Waals surface area (Å²) >= 11 is 0. The first-order valence-corrected chi connectivity index (χ1v) is 5.04. The molecule has 0 aliphatic heterocycles. The van der Waals surface area contributed by atoms with E-state index in [0.29, 0.717) is 28.3 Å². The zero-order valence-electron chi connectivity index (χ0n) is 9.56. The Labute approximate surface area is 98.2 Å². The first-order chi connectivity index (χ1) is 8.15. The van der Waals surface area contributed by atoms with Gasteiger partial charge in [0.2, 0.25) is 0 Å². The van der Waals surface area contributed by atoms with Gasteiger partial charge in [0.15, 0.2) is 0 Å². The number of rotatable bonds is 2. The molecule has 2 rings (SSSR count). The molecule has 0 saturated carbocycles. The lowest BCUT2D eigenvalue weighted by atomic mass is 10.0. The average molecular weight is 232 g/mol. The third kappa shape index (κ3) is 1.87. The number of ether oxygens (including phenoxy) is 1. The molecule has 0 unspecified atom stereocenters. The van der Waals surface area contributed by atoms with Gasteiger partial charge < -0.3 is 15.0 Å². The first-order valence-electron chi connectivity index (χ1n) is 5.04. The van der Waals surface area contributed by atoms with Gasteiger partial charge >= 0.3 is 5.97 Å². The van der Waals surface area contributed by atoms with E-state index in [1.54, 1.807) is 19.1 Å². The number of aryl methyl sites for hydroxylation is 1. The van der Waals surface area contributed by atoms with Crippen LogP contribution in [0.3, 0.4) is 0 Å². The standard InChI is InChI=1S/C12H12N2O3/c1-7-10(12(15)16-2)11(14-17-7)8-5-3-4-6-9(8)13/h3-6H,13H2,1-2H3. The van der Waals surface area contributed by atoms with E-state index in [4.69, 9.17) is 15.0 Å². The highest BCUT2D eigenvalue weighted by Gasteiger charge is 2.23. The van der Waals surface area contributed by atoms with Gasteiger partial charge in [-0.05, 0) is 13.0 Å². The molecule has 17 heavy (non-hydrogen) atoms. The Morgan fingerprint density at radius 2 is 2.12 bits per heavy atom. The molecule has 0 saturated heterocycles. The number of aromatic nitrogens is 1. The number of esters is 1. The van der Waals surface area contributed by atoms with Gasteiger partial charge in [0, 0.05) is 11.3 Å². The Balaban J connectivity index is 2.61. The van der Waals surface area contributed by atoms with Crippen molar-refractivity contribution in [3.8, 4) is 11.3 Å². The SMILES string of the molecule is COC(=O)c1c(-c2ccccc2N)noc1C. The van der Waals surface area contributed by atoms with E-state index in [0.717, 1.165) is 0 Å². The van der Waals surface area contributed by atoms with Crippen LogP contribution in [0.15, 0.2) is 28.8 Å². The lowest BCUT2D eigenvalue weighted by Gasteiger charge is -2.03. The van der Waals surface area contributed by atoms with E-state index in [1.165, 1.54) is 7.11 Å².